The second-order valence-electron chi connectivity index (χ2n) is 6.20. The van der Waals surface area contributed by atoms with E-state index in [2.05, 4.69) is 27.4 Å². The summed E-state index contributed by atoms with van der Waals surface area (Å²) in [5.74, 6) is 0.738. The van der Waals surface area contributed by atoms with Gasteiger partial charge in [-0.2, -0.15) is 0 Å². The molecule has 0 unspecified atom stereocenters. The fourth-order valence-corrected chi connectivity index (χ4v) is 2.15. The van der Waals surface area contributed by atoms with Crippen molar-refractivity contribution in [1.82, 2.24) is 15.3 Å². The van der Waals surface area contributed by atoms with Crippen LogP contribution in [0.1, 0.15) is 44.6 Å². The summed E-state index contributed by atoms with van der Waals surface area (Å²) in [5.41, 5.74) is 0.710. The molecule has 0 bridgehead atoms. The topological polar surface area (TPSA) is 67.0 Å². The van der Waals surface area contributed by atoms with Gasteiger partial charge in [0.05, 0.1) is 6.04 Å². The zero-order chi connectivity index (χ0) is 16.0. The highest BCUT2D eigenvalue weighted by atomic mass is 16.6. The Hall–Kier alpha value is -2.30. The summed E-state index contributed by atoms with van der Waals surface area (Å²) in [4.78, 5) is 19.3. The molecule has 0 fully saturated rings. The molecule has 1 aromatic heterocycles. The van der Waals surface area contributed by atoms with Crippen molar-refractivity contribution >= 4 is 6.09 Å². The van der Waals surface area contributed by atoms with E-state index in [4.69, 9.17) is 4.74 Å². The molecule has 0 saturated heterocycles. The first-order valence-corrected chi connectivity index (χ1v) is 7.47. The summed E-state index contributed by atoms with van der Waals surface area (Å²) in [7, 11) is 0. The molecule has 1 heterocycles. The molecule has 0 aliphatic rings. The maximum absolute atomic E-state index is 12.0. The Balaban J connectivity index is 1.99. The number of alkyl carbamates (subject to hydrolysis) is 1. The number of benzene rings is 1. The average Bonchev–Trinajstić information content (AvgIpc) is 2.96. The van der Waals surface area contributed by atoms with Gasteiger partial charge >= 0.3 is 6.09 Å². The standard InChI is InChI=1S/C17H23N3O2/c1-17(2,3)22-16(21)20-14(15-18-11-12-19-15)10-9-13-7-5-4-6-8-13/h4-8,11-12,14H,9-10H2,1-3H3,(H,18,19)(H,20,21)/t14-/m1/s1. The highest BCUT2D eigenvalue weighted by molar-refractivity contribution is 5.68. The lowest BCUT2D eigenvalue weighted by molar-refractivity contribution is 0.0498. The Morgan fingerprint density at radius 3 is 2.64 bits per heavy atom. The SMILES string of the molecule is CC(C)(C)OC(=O)N[C@H](CCc1ccccc1)c1ncc[nH]1. The van der Waals surface area contributed by atoms with Gasteiger partial charge in [0, 0.05) is 12.4 Å². The zero-order valence-corrected chi connectivity index (χ0v) is 13.3. The van der Waals surface area contributed by atoms with Gasteiger partial charge in [0.25, 0.3) is 0 Å². The molecule has 1 atom stereocenters. The lowest BCUT2D eigenvalue weighted by Crippen LogP contribution is -2.35. The summed E-state index contributed by atoms with van der Waals surface area (Å²) in [6.07, 6.45) is 4.60. The first-order valence-electron chi connectivity index (χ1n) is 7.47. The van der Waals surface area contributed by atoms with Gasteiger partial charge in [0.15, 0.2) is 0 Å². The van der Waals surface area contributed by atoms with Crippen LogP contribution in [0, 0.1) is 0 Å². The van der Waals surface area contributed by atoms with Crippen LogP contribution in [-0.4, -0.2) is 21.7 Å². The van der Waals surface area contributed by atoms with Crippen LogP contribution >= 0.6 is 0 Å². The number of aromatic amines is 1. The molecule has 5 nitrogen and oxygen atoms in total. The summed E-state index contributed by atoms with van der Waals surface area (Å²) < 4.78 is 5.33. The quantitative estimate of drug-likeness (QED) is 0.886. The van der Waals surface area contributed by atoms with E-state index in [-0.39, 0.29) is 6.04 Å². The molecular weight excluding hydrogens is 278 g/mol. The number of nitrogens with zero attached hydrogens (tertiary/aromatic N) is 1. The molecule has 0 aliphatic heterocycles. The van der Waals surface area contributed by atoms with E-state index in [1.807, 2.05) is 39.0 Å². The summed E-state index contributed by atoms with van der Waals surface area (Å²) in [6.45, 7) is 5.54. The lowest BCUT2D eigenvalue weighted by Gasteiger charge is -2.23. The van der Waals surface area contributed by atoms with Crippen molar-refractivity contribution in [2.75, 3.05) is 0 Å². The molecule has 0 radical (unpaired) electrons. The fourth-order valence-electron chi connectivity index (χ4n) is 2.15. The Bertz CT molecular complexity index is 574. The molecule has 118 valence electrons. The van der Waals surface area contributed by atoms with Crippen molar-refractivity contribution < 1.29 is 9.53 Å². The number of rotatable bonds is 5. The van der Waals surface area contributed by atoms with Crippen LogP contribution in [0.3, 0.4) is 0 Å². The Kier molecular flexibility index (Phi) is 5.20. The average molecular weight is 301 g/mol. The largest absolute Gasteiger partial charge is 0.444 e. The van der Waals surface area contributed by atoms with E-state index >= 15 is 0 Å². The molecule has 1 aromatic carbocycles. The van der Waals surface area contributed by atoms with Gasteiger partial charge in [0.1, 0.15) is 11.4 Å². The number of hydrogen-bond acceptors (Lipinski definition) is 3. The van der Waals surface area contributed by atoms with Gasteiger partial charge in [-0.15, -0.1) is 0 Å². The second kappa shape index (κ2) is 7.11. The van der Waals surface area contributed by atoms with Gasteiger partial charge in [-0.1, -0.05) is 30.3 Å². The molecule has 1 amide bonds. The van der Waals surface area contributed by atoms with E-state index < -0.39 is 11.7 Å². The first-order chi connectivity index (χ1) is 10.4. The minimum Gasteiger partial charge on any atom is -0.444 e. The lowest BCUT2D eigenvalue weighted by atomic mass is 10.0. The number of hydrogen-bond donors (Lipinski definition) is 2. The van der Waals surface area contributed by atoms with Crippen molar-refractivity contribution in [2.45, 2.75) is 45.3 Å². The molecule has 2 aromatic rings. The number of carbonyl (C=O) groups is 1. The minimum atomic E-state index is -0.517. The van der Waals surface area contributed by atoms with Gasteiger partial charge in [0.2, 0.25) is 0 Å². The number of amides is 1. The van der Waals surface area contributed by atoms with Crippen molar-refractivity contribution in [3.8, 4) is 0 Å². The Morgan fingerprint density at radius 2 is 2.05 bits per heavy atom. The van der Waals surface area contributed by atoms with Crippen LogP contribution in [0.4, 0.5) is 4.79 Å². The second-order valence-corrected chi connectivity index (χ2v) is 6.20. The Morgan fingerprint density at radius 1 is 1.32 bits per heavy atom. The summed E-state index contributed by atoms with van der Waals surface area (Å²) in [6, 6.07) is 9.97. The highest BCUT2D eigenvalue weighted by Crippen LogP contribution is 2.17. The molecular formula is C17H23N3O2. The number of H-pyrrole nitrogens is 1. The van der Waals surface area contributed by atoms with Crippen molar-refractivity contribution in [1.29, 1.82) is 0 Å². The molecule has 22 heavy (non-hydrogen) atoms. The molecule has 5 heteroatoms. The third kappa shape index (κ3) is 5.24. The third-order valence-corrected chi connectivity index (χ3v) is 3.10. The van der Waals surface area contributed by atoms with Crippen molar-refractivity contribution in [2.24, 2.45) is 0 Å². The smallest absolute Gasteiger partial charge is 0.408 e. The number of nitrogens with one attached hydrogen (secondary N) is 2. The van der Waals surface area contributed by atoms with Crippen LogP contribution < -0.4 is 5.32 Å². The number of ether oxygens (including phenoxy) is 1. The van der Waals surface area contributed by atoms with Crippen LogP contribution in [0.2, 0.25) is 0 Å². The van der Waals surface area contributed by atoms with Crippen molar-refractivity contribution in [3.05, 3.63) is 54.1 Å². The molecule has 0 aliphatic carbocycles. The summed E-state index contributed by atoms with van der Waals surface area (Å²) in [5, 5.41) is 2.89. The van der Waals surface area contributed by atoms with Gasteiger partial charge < -0.3 is 15.0 Å². The van der Waals surface area contributed by atoms with Gasteiger partial charge in [-0.3, -0.25) is 0 Å². The third-order valence-electron chi connectivity index (χ3n) is 3.10. The normalized spacial score (nSPS) is 12.7. The monoisotopic (exact) mass is 301 g/mol. The van der Waals surface area contributed by atoms with Crippen LogP contribution in [0.5, 0.6) is 0 Å². The first kappa shape index (κ1) is 16.1. The van der Waals surface area contributed by atoms with Crippen LogP contribution in [-0.2, 0) is 11.2 Å². The fraction of sp³-hybridized carbons (Fsp3) is 0.412. The highest BCUT2D eigenvalue weighted by Gasteiger charge is 2.21. The van der Waals surface area contributed by atoms with E-state index in [0.717, 1.165) is 18.7 Å². The Labute approximate surface area is 131 Å². The van der Waals surface area contributed by atoms with E-state index in [1.54, 1.807) is 12.4 Å². The number of aryl methyl sites for hydroxylation is 1. The zero-order valence-electron chi connectivity index (χ0n) is 13.3. The minimum absolute atomic E-state index is 0.204. The predicted molar refractivity (Wildman–Crippen MR) is 85.5 cm³/mol. The summed E-state index contributed by atoms with van der Waals surface area (Å²) >= 11 is 0. The molecule has 0 spiro atoms. The van der Waals surface area contributed by atoms with Gasteiger partial charge in [-0.05, 0) is 39.2 Å². The van der Waals surface area contributed by atoms with Crippen molar-refractivity contribution in [3.63, 3.8) is 0 Å². The molecule has 2 N–H and O–H groups in total. The number of imidazole rings is 1. The van der Waals surface area contributed by atoms with E-state index in [0.29, 0.717) is 0 Å². The molecule has 0 saturated carbocycles. The maximum atomic E-state index is 12.0. The van der Waals surface area contributed by atoms with E-state index in [1.165, 1.54) is 5.56 Å². The van der Waals surface area contributed by atoms with Gasteiger partial charge in [-0.25, -0.2) is 9.78 Å². The number of carbonyl (C=O) groups excluding carboxylic acids is 1. The number of aromatic nitrogens is 2. The molecule has 2 rings (SSSR count). The van der Waals surface area contributed by atoms with E-state index in [9.17, 15) is 4.79 Å². The predicted octanol–water partition coefficient (Wildman–Crippen LogP) is 3.61. The maximum Gasteiger partial charge on any atom is 0.408 e. The van der Waals surface area contributed by atoms with Crippen LogP contribution in [0.25, 0.3) is 0 Å². The van der Waals surface area contributed by atoms with Crippen LogP contribution in [0.15, 0.2) is 42.7 Å².